The van der Waals surface area contributed by atoms with Crippen LogP contribution in [0.5, 0.6) is 0 Å². The van der Waals surface area contributed by atoms with Gasteiger partial charge in [-0.2, -0.15) is 0 Å². The first-order valence-corrected chi connectivity index (χ1v) is 8.37. The number of halogens is 2. The molecule has 0 amide bonds. The number of benzene rings is 1. The van der Waals surface area contributed by atoms with Crippen LogP contribution in [0.4, 0.5) is 0 Å². The lowest BCUT2D eigenvalue weighted by Gasteiger charge is -2.12. The summed E-state index contributed by atoms with van der Waals surface area (Å²) in [6, 6.07) is 10.8. The van der Waals surface area contributed by atoms with Crippen molar-refractivity contribution in [2.75, 3.05) is 7.05 Å². The molecule has 1 aromatic heterocycles. The second kappa shape index (κ2) is 6.89. The summed E-state index contributed by atoms with van der Waals surface area (Å²) in [5.74, 6) is 0. The van der Waals surface area contributed by atoms with Gasteiger partial charge in [-0.1, -0.05) is 46.9 Å². The van der Waals surface area contributed by atoms with Gasteiger partial charge in [0.05, 0.1) is 0 Å². The quantitative estimate of drug-likeness (QED) is 0.702. The fourth-order valence-corrected chi connectivity index (χ4v) is 4.31. The molecule has 1 N–H and O–H groups in total. The minimum Gasteiger partial charge on any atom is -0.312 e. The number of nitrogens with one attached hydrogen (secondary N) is 1. The van der Waals surface area contributed by atoms with Crippen LogP contribution >= 0.6 is 38.9 Å². The standard InChI is InChI=1S/C15H17BrClNS/c1-3-4-13(18-2)15-8-7-14(19-15)11-6-5-10(17)9-12(11)16/h5-9,13,18H,3-4H2,1-2H3. The molecular formula is C15H17BrClNS. The summed E-state index contributed by atoms with van der Waals surface area (Å²) in [7, 11) is 2.03. The molecule has 102 valence electrons. The molecule has 4 heteroatoms. The van der Waals surface area contributed by atoms with Crippen LogP contribution in [0.1, 0.15) is 30.7 Å². The highest BCUT2D eigenvalue weighted by Crippen LogP contribution is 2.37. The molecule has 2 aromatic rings. The molecule has 2 rings (SSSR count). The zero-order chi connectivity index (χ0) is 13.8. The van der Waals surface area contributed by atoms with E-state index in [0.29, 0.717) is 6.04 Å². The summed E-state index contributed by atoms with van der Waals surface area (Å²) in [5, 5.41) is 4.14. The van der Waals surface area contributed by atoms with E-state index in [2.05, 4.69) is 46.4 Å². The molecule has 0 saturated heterocycles. The first-order valence-electron chi connectivity index (χ1n) is 6.38. The van der Waals surface area contributed by atoms with Crippen LogP contribution in [0, 0.1) is 0 Å². The summed E-state index contributed by atoms with van der Waals surface area (Å²) >= 11 is 11.4. The van der Waals surface area contributed by atoms with Gasteiger partial charge in [-0.15, -0.1) is 11.3 Å². The van der Waals surface area contributed by atoms with E-state index in [-0.39, 0.29) is 0 Å². The molecule has 0 aliphatic rings. The second-order valence-corrected chi connectivity index (χ2v) is 6.86. The number of hydrogen-bond donors (Lipinski definition) is 1. The lowest BCUT2D eigenvalue weighted by Crippen LogP contribution is -2.14. The van der Waals surface area contributed by atoms with Gasteiger partial charge >= 0.3 is 0 Å². The summed E-state index contributed by atoms with van der Waals surface area (Å²) < 4.78 is 1.05. The monoisotopic (exact) mass is 357 g/mol. The Labute approximate surface area is 132 Å². The maximum absolute atomic E-state index is 5.99. The maximum Gasteiger partial charge on any atom is 0.0417 e. The average molecular weight is 359 g/mol. The molecule has 0 fully saturated rings. The van der Waals surface area contributed by atoms with Crippen LogP contribution in [-0.2, 0) is 0 Å². The molecule has 0 saturated carbocycles. The maximum atomic E-state index is 5.99. The smallest absolute Gasteiger partial charge is 0.0417 e. The van der Waals surface area contributed by atoms with Crippen LogP contribution in [0.3, 0.4) is 0 Å². The topological polar surface area (TPSA) is 12.0 Å². The van der Waals surface area contributed by atoms with Gasteiger partial charge in [0.25, 0.3) is 0 Å². The van der Waals surface area contributed by atoms with Gasteiger partial charge in [0, 0.05) is 30.9 Å². The van der Waals surface area contributed by atoms with Crippen LogP contribution < -0.4 is 5.32 Å². The third kappa shape index (κ3) is 3.60. The summed E-state index contributed by atoms with van der Waals surface area (Å²) in [6.45, 7) is 2.22. The molecule has 0 bridgehead atoms. The Hall–Kier alpha value is -0.350. The third-order valence-electron chi connectivity index (χ3n) is 3.09. The zero-order valence-corrected chi connectivity index (χ0v) is 14.2. The van der Waals surface area contributed by atoms with Crippen molar-refractivity contribution < 1.29 is 0 Å². The molecule has 1 heterocycles. The van der Waals surface area contributed by atoms with E-state index >= 15 is 0 Å². The Balaban J connectivity index is 2.29. The molecule has 0 radical (unpaired) electrons. The molecule has 0 aliphatic carbocycles. The predicted octanol–water partition coefficient (Wildman–Crippen LogP) is 5.89. The Bertz CT molecular complexity index is 553. The van der Waals surface area contributed by atoms with Gasteiger partial charge in [0.15, 0.2) is 0 Å². The Morgan fingerprint density at radius 2 is 2.11 bits per heavy atom. The van der Waals surface area contributed by atoms with E-state index in [1.165, 1.54) is 21.7 Å². The average Bonchev–Trinajstić information content (AvgIpc) is 2.85. The molecule has 19 heavy (non-hydrogen) atoms. The van der Waals surface area contributed by atoms with Gasteiger partial charge in [0.2, 0.25) is 0 Å². The van der Waals surface area contributed by atoms with Crippen molar-refractivity contribution in [3.8, 4) is 10.4 Å². The van der Waals surface area contributed by atoms with Gasteiger partial charge in [-0.25, -0.2) is 0 Å². The Kier molecular flexibility index (Phi) is 5.46. The molecule has 1 atom stereocenters. The van der Waals surface area contributed by atoms with E-state index in [9.17, 15) is 0 Å². The van der Waals surface area contributed by atoms with Gasteiger partial charge in [-0.05, 0) is 37.7 Å². The highest BCUT2D eigenvalue weighted by atomic mass is 79.9. The van der Waals surface area contributed by atoms with Gasteiger partial charge < -0.3 is 5.32 Å². The van der Waals surface area contributed by atoms with Crippen LogP contribution in [0.15, 0.2) is 34.8 Å². The lowest BCUT2D eigenvalue weighted by atomic mass is 10.1. The van der Waals surface area contributed by atoms with E-state index in [1.807, 2.05) is 30.5 Å². The number of hydrogen-bond acceptors (Lipinski definition) is 2. The molecular weight excluding hydrogens is 342 g/mol. The van der Waals surface area contributed by atoms with Crippen LogP contribution in [0.2, 0.25) is 5.02 Å². The number of rotatable bonds is 5. The predicted molar refractivity (Wildman–Crippen MR) is 89.2 cm³/mol. The summed E-state index contributed by atoms with van der Waals surface area (Å²) in [5.41, 5.74) is 1.20. The van der Waals surface area contributed by atoms with E-state index in [4.69, 9.17) is 11.6 Å². The SMILES string of the molecule is CCCC(NC)c1ccc(-c2ccc(Cl)cc2Br)s1. The molecule has 1 aromatic carbocycles. The van der Waals surface area contributed by atoms with E-state index in [0.717, 1.165) is 15.9 Å². The van der Waals surface area contributed by atoms with Crippen molar-refractivity contribution in [3.05, 3.63) is 44.7 Å². The highest BCUT2D eigenvalue weighted by Gasteiger charge is 2.13. The Morgan fingerprint density at radius 1 is 1.32 bits per heavy atom. The molecule has 1 unspecified atom stereocenters. The minimum atomic E-state index is 0.454. The number of thiophene rings is 1. The largest absolute Gasteiger partial charge is 0.312 e. The van der Waals surface area contributed by atoms with E-state index in [1.54, 1.807) is 0 Å². The fraction of sp³-hybridized carbons (Fsp3) is 0.333. The van der Waals surface area contributed by atoms with E-state index < -0.39 is 0 Å². The van der Waals surface area contributed by atoms with Crippen molar-refractivity contribution >= 4 is 38.9 Å². The second-order valence-electron chi connectivity index (χ2n) is 4.46. The molecule has 0 spiro atoms. The van der Waals surface area contributed by atoms with Crippen molar-refractivity contribution in [3.63, 3.8) is 0 Å². The third-order valence-corrected chi connectivity index (χ3v) is 5.22. The zero-order valence-electron chi connectivity index (χ0n) is 11.0. The minimum absolute atomic E-state index is 0.454. The molecule has 1 nitrogen and oxygen atoms in total. The van der Waals surface area contributed by atoms with Crippen molar-refractivity contribution in [2.45, 2.75) is 25.8 Å². The van der Waals surface area contributed by atoms with Crippen LogP contribution in [-0.4, -0.2) is 7.05 Å². The highest BCUT2D eigenvalue weighted by molar-refractivity contribution is 9.10. The van der Waals surface area contributed by atoms with Crippen molar-refractivity contribution in [1.82, 2.24) is 5.32 Å². The molecule has 0 aliphatic heterocycles. The van der Waals surface area contributed by atoms with Gasteiger partial charge in [0.1, 0.15) is 0 Å². The summed E-state index contributed by atoms with van der Waals surface area (Å²) in [4.78, 5) is 2.66. The van der Waals surface area contributed by atoms with Gasteiger partial charge in [-0.3, -0.25) is 0 Å². The Morgan fingerprint density at radius 3 is 2.74 bits per heavy atom. The fourth-order valence-electron chi connectivity index (χ4n) is 2.09. The van der Waals surface area contributed by atoms with Crippen molar-refractivity contribution in [2.24, 2.45) is 0 Å². The normalized spacial score (nSPS) is 12.6. The summed E-state index contributed by atoms with van der Waals surface area (Å²) in [6.07, 6.45) is 2.35. The first-order chi connectivity index (χ1) is 9.15. The first kappa shape index (κ1) is 15.0. The van der Waals surface area contributed by atoms with Crippen molar-refractivity contribution in [1.29, 1.82) is 0 Å². The van der Waals surface area contributed by atoms with Crippen LogP contribution in [0.25, 0.3) is 10.4 Å². The lowest BCUT2D eigenvalue weighted by molar-refractivity contribution is 0.550.